The molecule has 5 rings (SSSR count). The van der Waals surface area contributed by atoms with Crippen LogP contribution in [0.3, 0.4) is 0 Å². The molecule has 7 nitrogen and oxygen atoms in total. The van der Waals surface area contributed by atoms with Crippen molar-refractivity contribution in [1.82, 2.24) is 14.9 Å². The molecule has 0 fully saturated rings. The fraction of sp³-hybridized carbons (Fsp3) is 0.320. The lowest BCUT2D eigenvalue weighted by atomic mass is 9.86. The zero-order chi connectivity index (χ0) is 22.5. The Labute approximate surface area is 185 Å². The van der Waals surface area contributed by atoms with Gasteiger partial charge in [-0.25, -0.2) is 9.78 Å². The highest BCUT2D eigenvalue weighted by Crippen LogP contribution is 2.39. The van der Waals surface area contributed by atoms with E-state index in [-0.39, 0.29) is 18.6 Å². The van der Waals surface area contributed by atoms with Gasteiger partial charge in [-0.05, 0) is 25.6 Å². The molecular weight excluding hydrogens is 406 g/mol. The number of cyclic esters (lactones) is 1. The number of hydrogen-bond acceptors (Lipinski definition) is 6. The van der Waals surface area contributed by atoms with Crippen molar-refractivity contribution >= 4 is 16.9 Å². The third kappa shape index (κ3) is 2.88. The van der Waals surface area contributed by atoms with Gasteiger partial charge in [0.1, 0.15) is 6.61 Å². The van der Waals surface area contributed by atoms with E-state index in [9.17, 15) is 14.7 Å². The van der Waals surface area contributed by atoms with Crippen molar-refractivity contribution in [2.75, 3.05) is 13.6 Å². The highest BCUT2D eigenvalue weighted by Gasteiger charge is 2.45. The lowest BCUT2D eigenvalue weighted by Gasteiger charge is -2.31. The van der Waals surface area contributed by atoms with Crippen molar-refractivity contribution in [3.8, 4) is 23.2 Å². The van der Waals surface area contributed by atoms with Gasteiger partial charge >= 0.3 is 5.97 Å². The molecule has 2 N–H and O–H groups in total. The van der Waals surface area contributed by atoms with Crippen LogP contribution in [-0.4, -0.2) is 34.2 Å². The number of pyridine rings is 2. The summed E-state index contributed by atoms with van der Waals surface area (Å²) in [5.41, 5.74) is 2.31. The highest BCUT2D eigenvalue weighted by atomic mass is 16.6. The Balaban J connectivity index is 1.77. The van der Waals surface area contributed by atoms with Crippen LogP contribution in [0.15, 0.2) is 35.1 Å². The highest BCUT2D eigenvalue weighted by molar-refractivity contribution is 5.91. The quantitative estimate of drug-likeness (QED) is 0.294. The van der Waals surface area contributed by atoms with Crippen LogP contribution in [0.25, 0.3) is 22.3 Å². The molecular formula is C25H23N3O4. The molecule has 2 aliphatic rings. The van der Waals surface area contributed by atoms with E-state index in [0.717, 1.165) is 28.6 Å². The molecule has 1 atom stereocenters. The Bertz CT molecular complexity index is 1400. The predicted octanol–water partition coefficient (Wildman–Crippen LogP) is 2.04. The van der Waals surface area contributed by atoms with Gasteiger partial charge in [0.2, 0.25) is 0 Å². The minimum absolute atomic E-state index is 0.113. The van der Waals surface area contributed by atoms with Crippen molar-refractivity contribution < 1.29 is 14.6 Å². The van der Waals surface area contributed by atoms with Gasteiger partial charge in [0.05, 0.1) is 29.0 Å². The van der Waals surface area contributed by atoms with Gasteiger partial charge in [0, 0.05) is 35.0 Å². The maximum Gasteiger partial charge on any atom is 0.343 e. The molecule has 0 amide bonds. The second-order valence-electron chi connectivity index (χ2n) is 8.09. The third-order valence-corrected chi connectivity index (χ3v) is 6.31. The van der Waals surface area contributed by atoms with Crippen molar-refractivity contribution in [3.05, 3.63) is 62.9 Å². The Morgan fingerprint density at radius 1 is 1.28 bits per heavy atom. The van der Waals surface area contributed by atoms with Gasteiger partial charge in [0.15, 0.2) is 5.60 Å². The normalized spacial score (nSPS) is 18.4. The first kappa shape index (κ1) is 20.4. The number of ether oxygens (including phenoxy) is 1. The van der Waals surface area contributed by atoms with Gasteiger partial charge < -0.3 is 19.7 Å². The van der Waals surface area contributed by atoms with Crippen LogP contribution in [0.2, 0.25) is 0 Å². The maximum absolute atomic E-state index is 13.4. The summed E-state index contributed by atoms with van der Waals surface area (Å²) < 4.78 is 6.79. The smallest absolute Gasteiger partial charge is 0.343 e. The standard InChI is InChI=1S/C25H23N3O4/c1-3-25(31)19-12-21-22-17(13-28(21)23(29)18(19)14-32-24(25)30)15(8-6-7-11-26-2)16-9-4-5-10-20(16)27-22/h4-5,9-10,12,26,31H,3,7,11,13-14H2,1-2H3/t25-/m0/s1. The number of hydrogen-bond donors (Lipinski definition) is 2. The number of nitrogens with zero attached hydrogens (tertiary/aromatic N) is 2. The Morgan fingerprint density at radius 2 is 2.09 bits per heavy atom. The van der Waals surface area contributed by atoms with Gasteiger partial charge in [0.25, 0.3) is 5.56 Å². The molecule has 162 valence electrons. The first-order valence-electron chi connectivity index (χ1n) is 10.7. The third-order valence-electron chi connectivity index (χ3n) is 6.31. The van der Waals surface area contributed by atoms with Crippen LogP contribution in [0.5, 0.6) is 0 Å². The summed E-state index contributed by atoms with van der Waals surface area (Å²) in [6.45, 7) is 2.68. The van der Waals surface area contributed by atoms with E-state index in [2.05, 4.69) is 17.2 Å². The molecule has 7 heteroatoms. The maximum atomic E-state index is 13.4. The lowest BCUT2D eigenvalue weighted by molar-refractivity contribution is -0.172. The number of para-hydroxylation sites is 1. The fourth-order valence-electron chi connectivity index (χ4n) is 4.51. The van der Waals surface area contributed by atoms with Gasteiger partial charge in [-0.15, -0.1) is 0 Å². The van der Waals surface area contributed by atoms with Crippen LogP contribution >= 0.6 is 0 Å². The molecule has 0 unspecified atom stereocenters. The molecule has 0 bridgehead atoms. The number of benzene rings is 1. The molecule has 1 aromatic carbocycles. The SMILES string of the molecule is CC[C@@]1(O)C(=O)OCc2c1cc1n(c2=O)Cc2c-1nc1ccccc1c2C#CCCNC. The number of aliphatic hydroxyl groups is 1. The summed E-state index contributed by atoms with van der Waals surface area (Å²) in [7, 11) is 1.89. The molecule has 0 saturated heterocycles. The zero-order valence-corrected chi connectivity index (χ0v) is 18.0. The predicted molar refractivity (Wildman–Crippen MR) is 120 cm³/mol. The number of nitrogens with one attached hydrogen (secondary N) is 1. The molecule has 32 heavy (non-hydrogen) atoms. The molecule has 0 spiro atoms. The van der Waals surface area contributed by atoms with E-state index in [1.807, 2.05) is 31.3 Å². The van der Waals surface area contributed by atoms with E-state index < -0.39 is 11.6 Å². The molecule has 3 aromatic rings. The summed E-state index contributed by atoms with van der Waals surface area (Å²) in [4.78, 5) is 30.6. The average molecular weight is 429 g/mol. The first-order valence-corrected chi connectivity index (χ1v) is 10.7. The van der Waals surface area contributed by atoms with Crippen LogP contribution in [-0.2, 0) is 28.3 Å². The van der Waals surface area contributed by atoms with E-state index >= 15 is 0 Å². The van der Waals surface area contributed by atoms with E-state index in [4.69, 9.17) is 9.72 Å². The topological polar surface area (TPSA) is 93.5 Å². The number of rotatable bonds is 3. The average Bonchev–Trinajstić information content (AvgIpc) is 3.17. The van der Waals surface area contributed by atoms with Crippen molar-refractivity contribution in [1.29, 1.82) is 0 Å². The van der Waals surface area contributed by atoms with Crippen LogP contribution in [0, 0.1) is 11.8 Å². The minimum atomic E-state index is -1.84. The van der Waals surface area contributed by atoms with Crippen molar-refractivity contribution in [2.24, 2.45) is 0 Å². The Morgan fingerprint density at radius 3 is 2.88 bits per heavy atom. The number of carbonyl (C=O) groups is 1. The number of fused-ring (bicyclic) bond motifs is 5. The van der Waals surface area contributed by atoms with E-state index in [0.29, 0.717) is 35.5 Å². The Kier molecular flexibility index (Phi) is 4.85. The second-order valence-corrected chi connectivity index (χ2v) is 8.09. The van der Waals surface area contributed by atoms with Crippen molar-refractivity contribution in [2.45, 2.75) is 38.5 Å². The summed E-state index contributed by atoms with van der Waals surface area (Å²) in [5.74, 6) is 5.80. The summed E-state index contributed by atoms with van der Waals surface area (Å²) in [6.07, 6.45) is 0.814. The first-order chi connectivity index (χ1) is 15.5. The number of esters is 1. The van der Waals surface area contributed by atoms with Crippen LogP contribution < -0.4 is 10.9 Å². The van der Waals surface area contributed by atoms with Gasteiger partial charge in [-0.2, -0.15) is 0 Å². The van der Waals surface area contributed by atoms with Crippen molar-refractivity contribution in [3.63, 3.8) is 0 Å². The zero-order valence-electron chi connectivity index (χ0n) is 18.0. The largest absolute Gasteiger partial charge is 0.458 e. The van der Waals surface area contributed by atoms with Crippen LogP contribution in [0.1, 0.15) is 42.0 Å². The fourth-order valence-corrected chi connectivity index (χ4v) is 4.51. The molecule has 0 saturated carbocycles. The lowest BCUT2D eigenvalue weighted by Crippen LogP contribution is -2.44. The molecule has 0 aliphatic carbocycles. The number of carbonyl (C=O) groups excluding carboxylic acids is 1. The molecule has 0 radical (unpaired) electrons. The monoisotopic (exact) mass is 429 g/mol. The van der Waals surface area contributed by atoms with E-state index in [1.165, 1.54) is 0 Å². The van der Waals surface area contributed by atoms with E-state index in [1.54, 1.807) is 17.6 Å². The van der Waals surface area contributed by atoms with Gasteiger partial charge in [-0.1, -0.05) is 37.0 Å². The number of aromatic nitrogens is 2. The summed E-state index contributed by atoms with van der Waals surface area (Å²) in [6, 6.07) is 9.51. The Hall–Kier alpha value is -3.47. The van der Waals surface area contributed by atoms with Crippen LogP contribution in [0.4, 0.5) is 0 Å². The van der Waals surface area contributed by atoms with Gasteiger partial charge in [-0.3, -0.25) is 4.79 Å². The molecule has 2 aromatic heterocycles. The minimum Gasteiger partial charge on any atom is -0.458 e. The summed E-state index contributed by atoms with van der Waals surface area (Å²) in [5, 5.41) is 15.1. The molecule has 2 aliphatic heterocycles. The molecule has 4 heterocycles. The second kappa shape index (κ2) is 7.59. The summed E-state index contributed by atoms with van der Waals surface area (Å²) >= 11 is 0.